The Morgan fingerprint density at radius 2 is 2.24 bits per heavy atom. The average molecular weight is 337 g/mol. The van der Waals surface area contributed by atoms with Crippen molar-refractivity contribution >= 4 is 17.1 Å². The maximum atomic E-state index is 12.7. The molecule has 0 saturated carbocycles. The number of aromatic nitrogens is 4. The molecule has 1 aliphatic heterocycles. The largest absolute Gasteiger partial charge is 0.394 e. The number of carbonyl (C=O) groups excluding carboxylic acids is 1. The van der Waals surface area contributed by atoms with Crippen molar-refractivity contribution in [1.82, 2.24) is 24.4 Å². The highest BCUT2D eigenvalue weighted by atomic mass is 16.3. The third-order valence-corrected chi connectivity index (χ3v) is 4.63. The van der Waals surface area contributed by atoms with E-state index in [1.54, 1.807) is 29.7 Å². The standard InChI is InChI=1S/C18H19N5O2/c24-11-15-4-2-6-23(15)18(25)14-7-16-17(20-9-14)22(12-21-16)10-13-3-1-5-19-8-13/h1,3,5,7-9,12,15,24H,2,4,6,10-11H2/t15-/m1/s1. The van der Waals surface area contributed by atoms with Crippen LogP contribution in [-0.4, -0.2) is 54.6 Å². The van der Waals surface area contributed by atoms with Crippen LogP contribution in [0.3, 0.4) is 0 Å². The van der Waals surface area contributed by atoms with E-state index in [4.69, 9.17) is 0 Å². The van der Waals surface area contributed by atoms with E-state index >= 15 is 0 Å². The van der Waals surface area contributed by atoms with Crippen LogP contribution in [0.4, 0.5) is 0 Å². The molecule has 1 fully saturated rings. The molecule has 1 N–H and O–H groups in total. The number of fused-ring (bicyclic) bond motifs is 1. The van der Waals surface area contributed by atoms with E-state index in [1.165, 1.54) is 0 Å². The Bertz CT molecular complexity index is 893. The zero-order valence-electron chi connectivity index (χ0n) is 13.7. The lowest BCUT2D eigenvalue weighted by Gasteiger charge is -2.22. The van der Waals surface area contributed by atoms with Crippen molar-refractivity contribution in [3.8, 4) is 0 Å². The van der Waals surface area contributed by atoms with Crippen LogP contribution in [0, 0.1) is 0 Å². The van der Waals surface area contributed by atoms with Crippen LogP contribution in [0.1, 0.15) is 28.8 Å². The SMILES string of the molecule is O=C(c1cnc2c(c1)ncn2Cc1cccnc1)N1CCC[C@@H]1CO. The van der Waals surface area contributed by atoms with Crippen LogP contribution in [0.5, 0.6) is 0 Å². The maximum absolute atomic E-state index is 12.7. The number of imidazole rings is 1. The molecule has 4 heterocycles. The number of nitrogens with zero attached hydrogens (tertiary/aromatic N) is 5. The Hall–Kier alpha value is -2.80. The maximum Gasteiger partial charge on any atom is 0.255 e. The van der Waals surface area contributed by atoms with Crippen molar-refractivity contribution in [3.63, 3.8) is 0 Å². The molecule has 0 radical (unpaired) electrons. The van der Waals surface area contributed by atoms with Gasteiger partial charge in [-0.1, -0.05) is 6.07 Å². The van der Waals surface area contributed by atoms with Gasteiger partial charge in [0.05, 0.1) is 31.1 Å². The number of amides is 1. The summed E-state index contributed by atoms with van der Waals surface area (Å²) in [6, 6.07) is 5.58. The molecular weight excluding hydrogens is 318 g/mol. The Kier molecular flexibility index (Phi) is 4.15. The highest BCUT2D eigenvalue weighted by Gasteiger charge is 2.29. The first-order chi connectivity index (χ1) is 12.3. The summed E-state index contributed by atoms with van der Waals surface area (Å²) in [6.07, 6.45) is 8.64. The highest BCUT2D eigenvalue weighted by Crippen LogP contribution is 2.21. The predicted molar refractivity (Wildman–Crippen MR) is 92.0 cm³/mol. The Morgan fingerprint density at radius 1 is 1.32 bits per heavy atom. The fourth-order valence-electron chi connectivity index (χ4n) is 3.33. The molecule has 3 aromatic rings. The molecule has 1 aliphatic rings. The molecule has 1 saturated heterocycles. The topological polar surface area (TPSA) is 84.1 Å². The molecule has 128 valence electrons. The molecular formula is C18H19N5O2. The van der Waals surface area contributed by atoms with Crippen LogP contribution in [-0.2, 0) is 6.54 Å². The van der Waals surface area contributed by atoms with Crippen molar-refractivity contribution in [3.05, 3.63) is 54.2 Å². The molecule has 0 aromatic carbocycles. The summed E-state index contributed by atoms with van der Waals surface area (Å²) in [5.41, 5.74) is 3.00. The van der Waals surface area contributed by atoms with Gasteiger partial charge in [-0.25, -0.2) is 9.97 Å². The summed E-state index contributed by atoms with van der Waals surface area (Å²) in [7, 11) is 0. The minimum atomic E-state index is -0.0914. The number of hydrogen-bond donors (Lipinski definition) is 1. The van der Waals surface area contributed by atoms with Crippen molar-refractivity contribution in [2.75, 3.05) is 13.2 Å². The van der Waals surface area contributed by atoms with Gasteiger partial charge in [-0.15, -0.1) is 0 Å². The van der Waals surface area contributed by atoms with Gasteiger partial charge in [-0.05, 0) is 30.5 Å². The van der Waals surface area contributed by atoms with Gasteiger partial charge < -0.3 is 14.6 Å². The molecule has 0 aliphatic carbocycles. The van der Waals surface area contributed by atoms with Gasteiger partial charge in [0.2, 0.25) is 0 Å². The van der Waals surface area contributed by atoms with Gasteiger partial charge in [-0.2, -0.15) is 0 Å². The monoisotopic (exact) mass is 337 g/mol. The summed E-state index contributed by atoms with van der Waals surface area (Å²) < 4.78 is 1.94. The lowest BCUT2D eigenvalue weighted by Crippen LogP contribution is -2.37. The molecule has 7 nitrogen and oxygen atoms in total. The summed E-state index contributed by atoms with van der Waals surface area (Å²) in [5.74, 6) is -0.0900. The van der Waals surface area contributed by atoms with E-state index in [-0.39, 0.29) is 18.6 Å². The van der Waals surface area contributed by atoms with Crippen LogP contribution in [0.25, 0.3) is 11.2 Å². The van der Waals surface area contributed by atoms with E-state index in [0.717, 1.165) is 24.1 Å². The average Bonchev–Trinajstić information content (AvgIpc) is 3.28. The fraction of sp³-hybridized carbons (Fsp3) is 0.333. The van der Waals surface area contributed by atoms with Gasteiger partial charge in [0.15, 0.2) is 5.65 Å². The van der Waals surface area contributed by atoms with E-state index in [1.807, 2.05) is 22.9 Å². The summed E-state index contributed by atoms with van der Waals surface area (Å²) in [6.45, 7) is 1.31. The van der Waals surface area contributed by atoms with Gasteiger partial charge in [0.1, 0.15) is 5.52 Å². The second kappa shape index (κ2) is 6.60. The zero-order valence-corrected chi connectivity index (χ0v) is 13.7. The van der Waals surface area contributed by atoms with Gasteiger partial charge in [0.25, 0.3) is 5.91 Å². The molecule has 3 aromatic heterocycles. The quantitative estimate of drug-likeness (QED) is 0.779. The lowest BCUT2D eigenvalue weighted by molar-refractivity contribution is 0.0677. The van der Waals surface area contributed by atoms with E-state index in [0.29, 0.717) is 24.2 Å². The predicted octanol–water partition coefficient (Wildman–Crippen LogP) is 1.47. The van der Waals surface area contributed by atoms with Gasteiger partial charge in [-0.3, -0.25) is 9.78 Å². The van der Waals surface area contributed by atoms with Gasteiger partial charge in [0, 0.05) is 25.1 Å². The number of aliphatic hydroxyl groups excluding tert-OH is 1. The molecule has 4 rings (SSSR count). The molecule has 25 heavy (non-hydrogen) atoms. The first kappa shape index (κ1) is 15.7. The van der Waals surface area contributed by atoms with Crippen LogP contribution < -0.4 is 0 Å². The number of carbonyl (C=O) groups is 1. The molecule has 0 unspecified atom stereocenters. The van der Waals surface area contributed by atoms with E-state index in [9.17, 15) is 9.90 Å². The number of hydrogen-bond acceptors (Lipinski definition) is 5. The van der Waals surface area contributed by atoms with E-state index in [2.05, 4.69) is 15.0 Å². The minimum absolute atomic E-state index is 0.00114. The second-order valence-corrected chi connectivity index (χ2v) is 6.28. The van der Waals surface area contributed by atoms with Crippen molar-refractivity contribution in [1.29, 1.82) is 0 Å². The van der Waals surface area contributed by atoms with Crippen molar-refractivity contribution in [2.24, 2.45) is 0 Å². The molecule has 1 amide bonds. The number of likely N-dealkylation sites (tertiary alicyclic amines) is 1. The third-order valence-electron chi connectivity index (χ3n) is 4.63. The third kappa shape index (κ3) is 2.98. The summed E-state index contributed by atoms with van der Waals surface area (Å²) in [4.78, 5) is 27.4. The molecule has 0 bridgehead atoms. The van der Waals surface area contributed by atoms with Crippen LogP contribution in [0.15, 0.2) is 43.1 Å². The molecule has 7 heteroatoms. The van der Waals surface area contributed by atoms with Crippen LogP contribution in [0.2, 0.25) is 0 Å². The first-order valence-corrected chi connectivity index (χ1v) is 8.38. The normalized spacial score (nSPS) is 17.3. The molecule has 1 atom stereocenters. The molecule has 0 spiro atoms. The lowest BCUT2D eigenvalue weighted by atomic mass is 10.2. The minimum Gasteiger partial charge on any atom is -0.394 e. The second-order valence-electron chi connectivity index (χ2n) is 6.28. The smallest absolute Gasteiger partial charge is 0.255 e. The summed E-state index contributed by atoms with van der Waals surface area (Å²) in [5, 5.41) is 9.42. The Balaban J connectivity index is 1.60. The van der Waals surface area contributed by atoms with Crippen molar-refractivity contribution in [2.45, 2.75) is 25.4 Å². The number of rotatable bonds is 4. The van der Waals surface area contributed by atoms with Gasteiger partial charge >= 0.3 is 0 Å². The van der Waals surface area contributed by atoms with Crippen LogP contribution >= 0.6 is 0 Å². The van der Waals surface area contributed by atoms with Crippen molar-refractivity contribution < 1.29 is 9.90 Å². The Morgan fingerprint density at radius 3 is 3.04 bits per heavy atom. The number of pyridine rings is 2. The Labute approximate surface area is 145 Å². The number of aliphatic hydroxyl groups is 1. The highest BCUT2D eigenvalue weighted by molar-refractivity contribution is 5.96. The summed E-state index contributed by atoms with van der Waals surface area (Å²) >= 11 is 0. The zero-order chi connectivity index (χ0) is 17.2. The fourth-order valence-corrected chi connectivity index (χ4v) is 3.33. The first-order valence-electron chi connectivity index (χ1n) is 8.38. The van der Waals surface area contributed by atoms with E-state index < -0.39 is 0 Å².